The van der Waals surface area contributed by atoms with Crippen molar-refractivity contribution in [2.24, 2.45) is 0 Å². The first kappa shape index (κ1) is 72.7. The fourth-order valence-electron chi connectivity index (χ4n) is 7.08. The Balaban J connectivity index is 4.58. The van der Waals surface area contributed by atoms with Crippen LogP contribution in [0.5, 0.6) is 0 Å². The third-order valence-corrected chi connectivity index (χ3v) is 11.5. The van der Waals surface area contributed by atoms with Gasteiger partial charge in [0.1, 0.15) is 13.2 Å². The van der Waals surface area contributed by atoms with E-state index < -0.39 is 18.0 Å². The second-order valence-electron chi connectivity index (χ2n) is 18.8. The van der Waals surface area contributed by atoms with E-state index in [-0.39, 0.29) is 38.4 Å². The fourth-order valence-corrected chi connectivity index (χ4v) is 7.08. The van der Waals surface area contributed by atoms with Crippen molar-refractivity contribution in [2.45, 2.75) is 207 Å². The lowest BCUT2D eigenvalue weighted by Crippen LogP contribution is -2.30. The van der Waals surface area contributed by atoms with Crippen LogP contribution >= 0.6 is 0 Å². The second kappa shape index (κ2) is 64.3. The molecular formula is C73H106O6. The highest BCUT2D eigenvalue weighted by atomic mass is 16.6. The minimum Gasteiger partial charge on any atom is -0.462 e. The summed E-state index contributed by atoms with van der Waals surface area (Å²) in [4.78, 5) is 38.1. The monoisotopic (exact) mass is 1080 g/mol. The van der Waals surface area contributed by atoms with Gasteiger partial charge in [0.05, 0.1) is 0 Å². The summed E-state index contributed by atoms with van der Waals surface area (Å²) in [6, 6.07) is 0. The minimum absolute atomic E-state index is 0.157. The average Bonchev–Trinajstić information content (AvgIpc) is 3.45. The third-order valence-electron chi connectivity index (χ3n) is 11.5. The molecule has 0 radical (unpaired) electrons. The number of ether oxygens (including phenoxy) is 3. The Morgan fingerprint density at radius 2 is 0.481 bits per heavy atom. The van der Waals surface area contributed by atoms with Crippen molar-refractivity contribution in [3.8, 4) is 0 Å². The van der Waals surface area contributed by atoms with Crippen LogP contribution < -0.4 is 0 Å². The standard InChI is InChI=1S/C73H106O6/c1-4-7-10-13-16-19-22-25-27-29-31-32-33-34-35-36-37-38-39-40-42-43-45-48-51-54-57-60-63-66-72(75)78-69-70(68-77-71(74)65-62-59-56-53-50-47-24-21-18-15-12-9-6-3)79-73(76)67-64-61-58-55-52-49-46-44-41-30-28-26-23-20-17-14-11-8-5-2/h7-12,16-21,25-28,31-32,34-35,37-38,40-42,44-45,47-50,52,56,58-59,61,70H,4-6,13-15,22-24,29-30,33,36,39,43,46,51,53-55,57,60,62-69H2,1-3H3/b10-7-,11-8-,12-9-,19-16-,20-17-,21-18-,27-25-,28-26-,32-31-,35-34-,38-37-,42-40-,44-41-,48-45-,50-47-,52-49-,59-56-,61-58-. The van der Waals surface area contributed by atoms with Crippen LogP contribution in [0.25, 0.3) is 0 Å². The molecule has 0 aliphatic heterocycles. The SMILES string of the molecule is CC/C=C\C/C=C\C/C=C\C/C=C\C/C=C\C/C=C\C/C=C\C/C=C\CCCCCCC(=O)OCC(COC(=O)CC/C=C\C/C=C\C/C=C\C/C=C\CC)OC(=O)CC/C=C\C/C=C\C/C=C\C/C=C\C/C=C\C/C=C\CC. The van der Waals surface area contributed by atoms with Gasteiger partial charge in [0.2, 0.25) is 0 Å². The maximum absolute atomic E-state index is 12.8. The molecule has 0 heterocycles. The van der Waals surface area contributed by atoms with Gasteiger partial charge >= 0.3 is 17.9 Å². The molecule has 0 bridgehead atoms. The number of rotatable bonds is 51. The predicted molar refractivity (Wildman–Crippen MR) is 343 cm³/mol. The van der Waals surface area contributed by atoms with Crippen LogP contribution in [0.4, 0.5) is 0 Å². The molecule has 0 aromatic heterocycles. The van der Waals surface area contributed by atoms with Gasteiger partial charge in [-0.05, 0) is 148 Å². The van der Waals surface area contributed by atoms with Gasteiger partial charge in [-0.2, -0.15) is 0 Å². The molecule has 0 aromatic carbocycles. The largest absolute Gasteiger partial charge is 0.462 e. The highest BCUT2D eigenvalue weighted by Crippen LogP contribution is 2.10. The van der Waals surface area contributed by atoms with Crippen LogP contribution in [0.2, 0.25) is 0 Å². The van der Waals surface area contributed by atoms with E-state index in [1.807, 2.05) is 24.3 Å². The van der Waals surface area contributed by atoms with Gasteiger partial charge in [-0.25, -0.2) is 0 Å². The molecular weight excluding hydrogens is 973 g/mol. The first-order valence-corrected chi connectivity index (χ1v) is 30.2. The molecule has 0 fully saturated rings. The Bertz CT molecular complexity index is 2010. The Morgan fingerprint density at radius 3 is 0.772 bits per heavy atom. The van der Waals surface area contributed by atoms with Gasteiger partial charge < -0.3 is 14.2 Å². The molecule has 0 aliphatic carbocycles. The van der Waals surface area contributed by atoms with E-state index in [2.05, 4.69) is 215 Å². The Hall–Kier alpha value is -6.27. The molecule has 434 valence electrons. The summed E-state index contributed by atoms with van der Waals surface area (Å²) in [6.07, 6.45) is 101. The maximum atomic E-state index is 12.8. The lowest BCUT2D eigenvalue weighted by atomic mass is 10.1. The number of allylic oxidation sites excluding steroid dienone is 36. The van der Waals surface area contributed by atoms with E-state index in [0.29, 0.717) is 12.8 Å². The molecule has 0 aromatic rings. The first-order valence-electron chi connectivity index (χ1n) is 30.2. The van der Waals surface area contributed by atoms with Crippen molar-refractivity contribution in [2.75, 3.05) is 13.2 Å². The van der Waals surface area contributed by atoms with Crippen LogP contribution in [-0.2, 0) is 28.6 Å². The van der Waals surface area contributed by atoms with E-state index in [9.17, 15) is 14.4 Å². The zero-order valence-electron chi connectivity index (χ0n) is 49.5. The van der Waals surface area contributed by atoms with E-state index in [4.69, 9.17) is 14.2 Å². The predicted octanol–water partition coefficient (Wildman–Crippen LogP) is 21.0. The number of esters is 3. The molecule has 1 unspecified atom stereocenters. The molecule has 0 spiro atoms. The summed E-state index contributed by atoms with van der Waals surface area (Å²) >= 11 is 0. The fraction of sp³-hybridized carbons (Fsp3) is 0.466. The van der Waals surface area contributed by atoms with E-state index in [0.717, 1.165) is 148 Å². The molecule has 0 saturated carbocycles. The maximum Gasteiger partial charge on any atom is 0.306 e. The molecule has 0 amide bonds. The molecule has 0 N–H and O–H groups in total. The zero-order valence-corrected chi connectivity index (χ0v) is 49.5. The van der Waals surface area contributed by atoms with Crippen molar-refractivity contribution < 1.29 is 28.6 Å². The van der Waals surface area contributed by atoms with Gasteiger partial charge in [-0.1, -0.05) is 252 Å². The Kier molecular flexibility index (Phi) is 59.2. The minimum atomic E-state index is -0.874. The number of unbranched alkanes of at least 4 members (excludes halogenated alkanes) is 4. The lowest BCUT2D eigenvalue weighted by molar-refractivity contribution is -0.166. The van der Waals surface area contributed by atoms with Crippen molar-refractivity contribution in [3.05, 3.63) is 219 Å². The average molecular weight is 1080 g/mol. The molecule has 79 heavy (non-hydrogen) atoms. The quantitative estimate of drug-likeness (QED) is 0.0261. The molecule has 6 heteroatoms. The highest BCUT2D eigenvalue weighted by Gasteiger charge is 2.19. The van der Waals surface area contributed by atoms with E-state index >= 15 is 0 Å². The van der Waals surface area contributed by atoms with Gasteiger partial charge in [0.25, 0.3) is 0 Å². The summed E-state index contributed by atoms with van der Waals surface area (Å²) in [7, 11) is 0. The topological polar surface area (TPSA) is 78.9 Å². The van der Waals surface area contributed by atoms with Crippen LogP contribution in [0.3, 0.4) is 0 Å². The summed E-state index contributed by atoms with van der Waals surface area (Å²) < 4.78 is 16.7. The van der Waals surface area contributed by atoms with Gasteiger partial charge in [-0.15, -0.1) is 0 Å². The van der Waals surface area contributed by atoms with E-state index in [1.54, 1.807) is 0 Å². The van der Waals surface area contributed by atoms with Crippen LogP contribution in [0.1, 0.15) is 201 Å². The highest BCUT2D eigenvalue weighted by molar-refractivity contribution is 5.71. The Morgan fingerprint density at radius 1 is 0.253 bits per heavy atom. The van der Waals surface area contributed by atoms with Gasteiger partial charge in [0.15, 0.2) is 6.10 Å². The Labute approximate surface area is 482 Å². The molecule has 0 saturated heterocycles. The van der Waals surface area contributed by atoms with E-state index in [1.165, 1.54) is 0 Å². The van der Waals surface area contributed by atoms with Crippen LogP contribution in [0, 0.1) is 0 Å². The van der Waals surface area contributed by atoms with Crippen molar-refractivity contribution in [3.63, 3.8) is 0 Å². The van der Waals surface area contributed by atoms with Crippen molar-refractivity contribution in [1.29, 1.82) is 0 Å². The van der Waals surface area contributed by atoms with Crippen molar-refractivity contribution >= 4 is 17.9 Å². The molecule has 6 nitrogen and oxygen atoms in total. The number of hydrogen-bond donors (Lipinski definition) is 0. The van der Waals surface area contributed by atoms with Gasteiger partial charge in [0, 0.05) is 19.3 Å². The zero-order chi connectivity index (χ0) is 57.1. The number of carbonyl (C=O) groups excluding carboxylic acids is 3. The normalized spacial score (nSPS) is 13.7. The molecule has 1 atom stereocenters. The lowest BCUT2D eigenvalue weighted by Gasteiger charge is -2.18. The second-order valence-corrected chi connectivity index (χ2v) is 18.8. The molecule has 0 rings (SSSR count). The van der Waals surface area contributed by atoms with Crippen molar-refractivity contribution in [1.82, 2.24) is 0 Å². The van der Waals surface area contributed by atoms with Gasteiger partial charge in [-0.3, -0.25) is 14.4 Å². The summed E-state index contributed by atoms with van der Waals surface area (Å²) in [5.41, 5.74) is 0. The van der Waals surface area contributed by atoms with Crippen LogP contribution in [0.15, 0.2) is 219 Å². The summed E-state index contributed by atoms with van der Waals surface area (Å²) in [6.45, 7) is 6.11. The smallest absolute Gasteiger partial charge is 0.306 e. The molecule has 0 aliphatic rings. The summed E-state index contributed by atoms with van der Waals surface area (Å²) in [5, 5.41) is 0. The third kappa shape index (κ3) is 62.5. The summed E-state index contributed by atoms with van der Waals surface area (Å²) in [5.74, 6) is -1.17. The van der Waals surface area contributed by atoms with Crippen LogP contribution in [-0.4, -0.2) is 37.2 Å². The number of hydrogen-bond acceptors (Lipinski definition) is 6. The first-order chi connectivity index (χ1) is 39.0. The number of carbonyl (C=O) groups is 3.